The Morgan fingerprint density at radius 1 is 1.17 bits per heavy atom. The zero-order chi connectivity index (χ0) is 25.0. The molecular formula is C27H31N5O4. The van der Waals surface area contributed by atoms with E-state index >= 15 is 0 Å². The molecule has 9 heteroatoms. The van der Waals surface area contributed by atoms with Gasteiger partial charge >= 0.3 is 0 Å². The summed E-state index contributed by atoms with van der Waals surface area (Å²) in [5, 5.41) is 16.7. The molecule has 2 N–H and O–H groups in total. The second-order valence-corrected chi connectivity index (χ2v) is 8.34. The van der Waals surface area contributed by atoms with E-state index in [1.165, 1.54) is 31.8 Å². The van der Waals surface area contributed by atoms with E-state index in [2.05, 4.69) is 45.0 Å². The van der Waals surface area contributed by atoms with Gasteiger partial charge in [-0.1, -0.05) is 61.8 Å². The third kappa shape index (κ3) is 7.18. The molecule has 1 aliphatic heterocycles. The summed E-state index contributed by atoms with van der Waals surface area (Å²) in [4.78, 5) is 12.6. The molecule has 2 heterocycles. The van der Waals surface area contributed by atoms with Crippen molar-refractivity contribution in [1.82, 2.24) is 20.6 Å². The van der Waals surface area contributed by atoms with Crippen molar-refractivity contribution in [3.05, 3.63) is 72.1 Å². The number of hydrogen-bond donors (Lipinski definition) is 2. The van der Waals surface area contributed by atoms with Gasteiger partial charge in [0.1, 0.15) is 19.0 Å². The van der Waals surface area contributed by atoms with E-state index in [1.807, 2.05) is 24.3 Å². The first kappa shape index (κ1) is 25.0. The number of carbonyl (C=O) groups is 1. The number of fused-ring (bicyclic) bond motifs is 1. The molecule has 0 saturated carbocycles. The summed E-state index contributed by atoms with van der Waals surface area (Å²) in [5.41, 5.74) is 1.38. The number of nitrogens with zero attached hydrogens (tertiary/aromatic N) is 3. The van der Waals surface area contributed by atoms with Gasteiger partial charge in [0, 0.05) is 6.08 Å². The molecule has 1 atom stereocenters. The van der Waals surface area contributed by atoms with Crippen LogP contribution in [0.5, 0.6) is 17.2 Å². The van der Waals surface area contributed by atoms with E-state index in [0.29, 0.717) is 29.6 Å². The van der Waals surface area contributed by atoms with E-state index in [-0.39, 0.29) is 12.5 Å². The van der Waals surface area contributed by atoms with E-state index in [9.17, 15) is 4.79 Å². The number of amides is 1. The summed E-state index contributed by atoms with van der Waals surface area (Å²) < 4.78 is 17.5. The molecule has 9 nitrogen and oxygen atoms in total. The summed E-state index contributed by atoms with van der Waals surface area (Å²) >= 11 is 0. The molecule has 0 aliphatic carbocycles. The average molecular weight is 490 g/mol. The van der Waals surface area contributed by atoms with E-state index in [0.717, 1.165) is 17.7 Å². The highest BCUT2D eigenvalue weighted by atomic mass is 16.6. The second kappa shape index (κ2) is 13.1. The summed E-state index contributed by atoms with van der Waals surface area (Å²) in [7, 11) is 0. The number of unbranched alkanes of at least 4 members (excludes halogenated alkanes) is 4. The molecule has 1 unspecified atom stereocenters. The lowest BCUT2D eigenvalue weighted by Crippen LogP contribution is -2.24. The van der Waals surface area contributed by atoms with Crippen LogP contribution in [0.15, 0.2) is 60.7 Å². The van der Waals surface area contributed by atoms with Crippen molar-refractivity contribution in [2.75, 3.05) is 18.5 Å². The number of rotatable bonds is 12. The highest BCUT2D eigenvalue weighted by molar-refractivity contribution is 6.03. The topological polar surface area (TPSA) is 111 Å². The number of benzene rings is 2. The third-order valence-electron chi connectivity index (χ3n) is 5.58. The molecule has 2 aromatic carbocycles. The Bertz CT molecular complexity index is 1160. The van der Waals surface area contributed by atoms with Gasteiger partial charge in [0.05, 0.1) is 5.69 Å². The number of H-pyrrole nitrogens is 1. The molecule has 1 aliphatic rings. The van der Waals surface area contributed by atoms with Crippen LogP contribution in [-0.2, 0) is 4.79 Å². The van der Waals surface area contributed by atoms with Gasteiger partial charge in [-0.3, -0.25) is 4.79 Å². The predicted octanol–water partition coefficient (Wildman–Crippen LogP) is 5.27. The number of carbonyl (C=O) groups excluding carboxylic acids is 1. The molecule has 188 valence electrons. The normalized spacial score (nSPS) is 14.9. The Morgan fingerprint density at radius 3 is 2.86 bits per heavy atom. The molecule has 0 radical (unpaired) electrons. The monoisotopic (exact) mass is 489 g/mol. The Morgan fingerprint density at radius 2 is 2.06 bits per heavy atom. The lowest BCUT2D eigenvalue weighted by Gasteiger charge is -2.26. The number of para-hydroxylation sites is 1. The lowest BCUT2D eigenvalue weighted by molar-refractivity contribution is -0.111. The zero-order valence-electron chi connectivity index (χ0n) is 20.4. The summed E-state index contributed by atoms with van der Waals surface area (Å²) in [6.45, 7) is 3.02. The Balaban J connectivity index is 1.26. The number of aromatic amines is 1. The number of tetrazole rings is 1. The third-order valence-corrected chi connectivity index (χ3v) is 5.58. The van der Waals surface area contributed by atoms with Crippen LogP contribution >= 0.6 is 0 Å². The minimum absolute atomic E-state index is 0.249. The Kier molecular flexibility index (Phi) is 9.07. The van der Waals surface area contributed by atoms with Crippen molar-refractivity contribution in [3.63, 3.8) is 0 Å². The first-order chi connectivity index (χ1) is 17.7. The van der Waals surface area contributed by atoms with Crippen molar-refractivity contribution in [2.24, 2.45) is 0 Å². The molecule has 0 fully saturated rings. The average Bonchev–Trinajstić information content (AvgIpc) is 3.45. The second-order valence-electron chi connectivity index (χ2n) is 8.34. The van der Waals surface area contributed by atoms with Crippen LogP contribution < -0.4 is 19.5 Å². The molecule has 36 heavy (non-hydrogen) atoms. The van der Waals surface area contributed by atoms with Gasteiger partial charge in [0.2, 0.25) is 11.7 Å². The number of nitrogens with one attached hydrogen (secondary N) is 2. The van der Waals surface area contributed by atoms with Gasteiger partial charge in [-0.15, -0.1) is 10.2 Å². The maximum atomic E-state index is 12.6. The zero-order valence-corrected chi connectivity index (χ0v) is 20.4. The van der Waals surface area contributed by atoms with E-state index < -0.39 is 6.10 Å². The Labute approximate surface area is 210 Å². The number of allylic oxidation sites excluding steroid dienone is 1. The van der Waals surface area contributed by atoms with E-state index in [4.69, 9.17) is 14.2 Å². The van der Waals surface area contributed by atoms with Crippen molar-refractivity contribution < 1.29 is 19.0 Å². The van der Waals surface area contributed by atoms with Gasteiger partial charge in [-0.25, -0.2) is 0 Å². The van der Waals surface area contributed by atoms with Crippen LogP contribution in [-0.4, -0.2) is 39.7 Å². The maximum absolute atomic E-state index is 12.6. The summed E-state index contributed by atoms with van der Waals surface area (Å²) in [6, 6.07) is 12.9. The Hall–Kier alpha value is -4.14. The SMILES string of the molecule is CCCCCCC=CCOc1ccc(C=CC(=O)Nc2cccc3c2OC(c2nn[nH]n2)CO3)cc1. The highest BCUT2D eigenvalue weighted by Gasteiger charge is 2.28. The van der Waals surface area contributed by atoms with Crippen LogP contribution in [0, 0.1) is 0 Å². The predicted molar refractivity (Wildman–Crippen MR) is 137 cm³/mol. The van der Waals surface area contributed by atoms with Crippen molar-refractivity contribution in [1.29, 1.82) is 0 Å². The first-order valence-corrected chi connectivity index (χ1v) is 12.3. The number of anilines is 1. The minimum atomic E-state index is -0.521. The van der Waals surface area contributed by atoms with Gasteiger partial charge in [0.15, 0.2) is 17.6 Å². The number of aromatic nitrogens is 4. The molecule has 0 spiro atoms. The van der Waals surface area contributed by atoms with Crippen molar-refractivity contribution >= 4 is 17.7 Å². The molecule has 1 amide bonds. The van der Waals surface area contributed by atoms with Crippen LogP contribution in [0.2, 0.25) is 0 Å². The van der Waals surface area contributed by atoms with Crippen molar-refractivity contribution in [2.45, 2.75) is 45.1 Å². The standard InChI is InChI=1S/C27H31N5O4/c1-2-3-4-5-6-7-8-18-34-21-15-12-20(13-16-21)14-17-25(33)28-22-10-9-11-23-26(22)36-24(19-35-23)27-29-31-32-30-27/h7-17,24H,2-6,18-19H2,1H3,(H,28,33)(H,29,30,31,32). The molecular weight excluding hydrogens is 458 g/mol. The fourth-order valence-corrected chi connectivity index (χ4v) is 3.67. The number of ether oxygens (including phenoxy) is 3. The minimum Gasteiger partial charge on any atom is -0.490 e. The molecule has 0 bridgehead atoms. The van der Waals surface area contributed by atoms with Crippen LogP contribution in [0.4, 0.5) is 5.69 Å². The fourth-order valence-electron chi connectivity index (χ4n) is 3.67. The van der Waals surface area contributed by atoms with Crippen LogP contribution in [0.1, 0.15) is 56.5 Å². The molecule has 0 saturated heterocycles. The number of hydrogen-bond acceptors (Lipinski definition) is 7. The van der Waals surface area contributed by atoms with Gasteiger partial charge in [-0.2, -0.15) is 5.21 Å². The van der Waals surface area contributed by atoms with Crippen LogP contribution in [0.25, 0.3) is 6.08 Å². The molecule has 1 aromatic heterocycles. The van der Waals surface area contributed by atoms with Gasteiger partial charge < -0.3 is 19.5 Å². The lowest BCUT2D eigenvalue weighted by atomic mass is 10.1. The maximum Gasteiger partial charge on any atom is 0.248 e. The molecule has 4 rings (SSSR count). The largest absolute Gasteiger partial charge is 0.490 e. The van der Waals surface area contributed by atoms with Crippen LogP contribution in [0.3, 0.4) is 0 Å². The first-order valence-electron chi connectivity index (χ1n) is 12.3. The summed E-state index contributed by atoms with van der Waals surface area (Å²) in [6.07, 6.45) is 13.1. The fraction of sp³-hybridized carbons (Fsp3) is 0.333. The molecule has 3 aromatic rings. The van der Waals surface area contributed by atoms with Gasteiger partial charge in [0.25, 0.3) is 0 Å². The smallest absolute Gasteiger partial charge is 0.248 e. The van der Waals surface area contributed by atoms with Crippen molar-refractivity contribution in [3.8, 4) is 17.2 Å². The highest BCUT2D eigenvalue weighted by Crippen LogP contribution is 2.41. The van der Waals surface area contributed by atoms with Gasteiger partial charge in [-0.05, 0) is 48.7 Å². The van der Waals surface area contributed by atoms with E-state index in [1.54, 1.807) is 24.3 Å². The summed E-state index contributed by atoms with van der Waals surface area (Å²) in [5.74, 6) is 1.84. The quantitative estimate of drug-likeness (QED) is 0.202.